The summed E-state index contributed by atoms with van der Waals surface area (Å²) in [6.07, 6.45) is 1.31. The second kappa shape index (κ2) is 4.37. The van der Waals surface area contributed by atoms with Crippen LogP contribution in [-0.2, 0) is 11.3 Å². The SMILES string of the molecule is CC(=O)CCCn1c(C)csc1=O. The van der Waals surface area contributed by atoms with Gasteiger partial charge in [0.25, 0.3) is 0 Å². The second-order valence-electron chi connectivity index (χ2n) is 3.10. The van der Waals surface area contributed by atoms with E-state index in [-0.39, 0.29) is 10.7 Å². The molecule has 1 aromatic rings. The zero-order valence-electron chi connectivity index (χ0n) is 7.87. The lowest BCUT2D eigenvalue weighted by atomic mass is 10.2. The highest BCUT2D eigenvalue weighted by molar-refractivity contribution is 7.07. The molecule has 0 N–H and O–H groups in total. The van der Waals surface area contributed by atoms with Gasteiger partial charge in [-0.1, -0.05) is 11.3 Å². The summed E-state index contributed by atoms with van der Waals surface area (Å²) >= 11 is 1.21. The summed E-state index contributed by atoms with van der Waals surface area (Å²) in [5.41, 5.74) is 0.985. The van der Waals surface area contributed by atoms with Crippen LogP contribution < -0.4 is 4.87 Å². The van der Waals surface area contributed by atoms with Crippen LogP contribution >= 0.6 is 11.3 Å². The number of Topliss-reactive ketones (excluding diaryl/α,β-unsaturated/α-hetero) is 1. The van der Waals surface area contributed by atoms with Crippen molar-refractivity contribution < 1.29 is 4.79 Å². The van der Waals surface area contributed by atoms with E-state index in [1.165, 1.54) is 11.3 Å². The summed E-state index contributed by atoms with van der Waals surface area (Å²) in [7, 11) is 0. The highest BCUT2D eigenvalue weighted by Crippen LogP contribution is 2.02. The Hall–Kier alpha value is -0.900. The Morgan fingerprint density at radius 1 is 1.62 bits per heavy atom. The Labute approximate surface area is 81.0 Å². The van der Waals surface area contributed by atoms with Crippen LogP contribution in [0.25, 0.3) is 0 Å². The van der Waals surface area contributed by atoms with Gasteiger partial charge in [-0.05, 0) is 20.3 Å². The van der Waals surface area contributed by atoms with E-state index in [0.717, 1.165) is 12.1 Å². The number of aryl methyl sites for hydroxylation is 1. The van der Waals surface area contributed by atoms with Gasteiger partial charge >= 0.3 is 4.87 Å². The van der Waals surface area contributed by atoms with Crippen molar-refractivity contribution in [3.8, 4) is 0 Å². The number of carbonyl (C=O) groups excluding carboxylic acids is 1. The summed E-state index contributed by atoms with van der Waals surface area (Å²) in [5.74, 6) is 0.181. The Balaban J connectivity index is 2.54. The molecule has 1 rings (SSSR count). The number of nitrogens with zero attached hydrogens (tertiary/aromatic N) is 1. The molecule has 0 aromatic carbocycles. The van der Waals surface area contributed by atoms with Gasteiger partial charge in [0.1, 0.15) is 5.78 Å². The van der Waals surface area contributed by atoms with E-state index >= 15 is 0 Å². The molecule has 0 aliphatic rings. The lowest BCUT2D eigenvalue weighted by Crippen LogP contribution is -2.14. The molecule has 0 aliphatic heterocycles. The van der Waals surface area contributed by atoms with Crippen molar-refractivity contribution in [3.05, 3.63) is 20.7 Å². The number of thiazole rings is 1. The Morgan fingerprint density at radius 3 is 2.77 bits per heavy atom. The molecule has 1 aromatic heterocycles. The topological polar surface area (TPSA) is 39.1 Å². The zero-order chi connectivity index (χ0) is 9.84. The van der Waals surface area contributed by atoms with E-state index in [1.54, 1.807) is 11.5 Å². The maximum Gasteiger partial charge on any atom is 0.307 e. The first kappa shape index (κ1) is 10.2. The third-order valence-corrected chi connectivity index (χ3v) is 2.77. The minimum atomic E-state index is 0.0704. The molecule has 0 bridgehead atoms. The van der Waals surface area contributed by atoms with Crippen molar-refractivity contribution in [1.82, 2.24) is 4.57 Å². The van der Waals surface area contributed by atoms with Gasteiger partial charge in [-0.25, -0.2) is 0 Å². The lowest BCUT2D eigenvalue weighted by molar-refractivity contribution is -0.117. The number of rotatable bonds is 4. The molecule has 0 aliphatic carbocycles. The monoisotopic (exact) mass is 199 g/mol. The second-order valence-corrected chi connectivity index (χ2v) is 3.92. The van der Waals surface area contributed by atoms with Crippen molar-refractivity contribution in [2.45, 2.75) is 33.2 Å². The minimum absolute atomic E-state index is 0.0704. The Bertz CT molecular complexity index is 351. The van der Waals surface area contributed by atoms with Crippen molar-refractivity contribution in [3.63, 3.8) is 0 Å². The minimum Gasteiger partial charge on any atom is -0.303 e. The fourth-order valence-corrected chi connectivity index (χ4v) is 1.92. The van der Waals surface area contributed by atoms with Gasteiger partial charge in [-0.3, -0.25) is 4.79 Å². The number of hydrogen-bond donors (Lipinski definition) is 0. The smallest absolute Gasteiger partial charge is 0.303 e. The summed E-state index contributed by atoms with van der Waals surface area (Å²) in [6.45, 7) is 4.14. The molecule has 0 fully saturated rings. The molecule has 1 heterocycles. The molecule has 0 amide bonds. The molecular weight excluding hydrogens is 186 g/mol. The average molecular weight is 199 g/mol. The van der Waals surface area contributed by atoms with Crippen LogP contribution in [0.5, 0.6) is 0 Å². The van der Waals surface area contributed by atoms with E-state index in [0.29, 0.717) is 13.0 Å². The molecule has 72 valence electrons. The Kier molecular flexibility index (Phi) is 3.42. The third-order valence-electron chi connectivity index (χ3n) is 1.89. The maximum absolute atomic E-state index is 11.2. The normalized spacial score (nSPS) is 10.3. The number of carbonyl (C=O) groups is 1. The van der Waals surface area contributed by atoms with Crippen LogP contribution in [0.15, 0.2) is 10.2 Å². The van der Waals surface area contributed by atoms with Crippen LogP contribution in [0.1, 0.15) is 25.5 Å². The molecule has 0 saturated carbocycles. The van der Waals surface area contributed by atoms with Crippen LogP contribution in [-0.4, -0.2) is 10.4 Å². The first-order chi connectivity index (χ1) is 6.11. The molecule has 3 nitrogen and oxygen atoms in total. The van der Waals surface area contributed by atoms with Crippen molar-refractivity contribution in [2.24, 2.45) is 0 Å². The van der Waals surface area contributed by atoms with Gasteiger partial charge in [0.05, 0.1) is 0 Å². The fourth-order valence-electron chi connectivity index (χ4n) is 1.16. The van der Waals surface area contributed by atoms with Crippen molar-refractivity contribution in [2.75, 3.05) is 0 Å². The van der Waals surface area contributed by atoms with Gasteiger partial charge in [0.15, 0.2) is 0 Å². The molecule has 0 unspecified atom stereocenters. The fraction of sp³-hybridized carbons (Fsp3) is 0.556. The van der Waals surface area contributed by atoms with Crippen LogP contribution in [0.4, 0.5) is 0 Å². The summed E-state index contributed by atoms with van der Waals surface area (Å²) in [5, 5.41) is 1.84. The van der Waals surface area contributed by atoms with Crippen LogP contribution in [0.2, 0.25) is 0 Å². The van der Waals surface area contributed by atoms with Gasteiger partial charge in [0.2, 0.25) is 0 Å². The number of aromatic nitrogens is 1. The largest absolute Gasteiger partial charge is 0.307 e. The first-order valence-electron chi connectivity index (χ1n) is 4.25. The van der Waals surface area contributed by atoms with E-state index in [9.17, 15) is 9.59 Å². The van der Waals surface area contributed by atoms with E-state index < -0.39 is 0 Å². The van der Waals surface area contributed by atoms with Gasteiger partial charge in [-0.2, -0.15) is 0 Å². The molecule has 0 radical (unpaired) electrons. The molecule has 0 spiro atoms. The van der Waals surface area contributed by atoms with Crippen molar-refractivity contribution in [1.29, 1.82) is 0 Å². The maximum atomic E-state index is 11.2. The number of hydrogen-bond acceptors (Lipinski definition) is 3. The van der Waals surface area contributed by atoms with Crippen molar-refractivity contribution >= 4 is 17.1 Å². The zero-order valence-corrected chi connectivity index (χ0v) is 8.69. The summed E-state index contributed by atoms with van der Waals surface area (Å²) in [6, 6.07) is 0. The summed E-state index contributed by atoms with van der Waals surface area (Å²) < 4.78 is 1.72. The van der Waals surface area contributed by atoms with E-state index in [4.69, 9.17) is 0 Å². The third kappa shape index (κ3) is 2.81. The van der Waals surface area contributed by atoms with Crippen LogP contribution in [0.3, 0.4) is 0 Å². The highest BCUT2D eigenvalue weighted by atomic mass is 32.1. The first-order valence-corrected chi connectivity index (χ1v) is 5.13. The molecule has 13 heavy (non-hydrogen) atoms. The average Bonchev–Trinajstić information content (AvgIpc) is 2.34. The van der Waals surface area contributed by atoms with Gasteiger partial charge in [0, 0.05) is 24.0 Å². The predicted octanol–water partition coefficient (Wildman–Crippen LogP) is 1.59. The standard InChI is InChI=1S/C9H13NO2S/c1-7-6-13-9(12)10(7)5-3-4-8(2)11/h6H,3-5H2,1-2H3. The predicted molar refractivity (Wildman–Crippen MR) is 53.2 cm³/mol. The Morgan fingerprint density at radius 2 is 2.31 bits per heavy atom. The van der Waals surface area contributed by atoms with Gasteiger partial charge < -0.3 is 9.36 Å². The van der Waals surface area contributed by atoms with Gasteiger partial charge in [-0.15, -0.1) is 0 Å². The highest BCUT2D eigenvalue weighted by Gasteiger charge is 2.02. The lowest BCUT2D eigenvalue weighted by Gasteiger charge is -2.01. The summed E-state index contributed by atoms with van der Waals surface area (Å²) in [4.78, 5) is 21.9. The molecule has 0 atom stereocenters. The van der Waals surface area contributed by atoms with E-state index in [1.807, 2.05) is 12.3 Å². The van der Waals surface area contributed by atoms with Crippen LogP contribution in [0, 0.1) is 6.92 Å². The van der Waals surface area contributed by atoms with E-state index in [2.05, 4.69) is 0 Å². The molecule has 0 saturated heterocycles. The quantitative estimate of drug-likeness (QED) is 0.738. The molecule has 4 heteroatoms. The number of ketones is 1. The molecular formula is C9H13NO2S.